The fourth-order valence-corrected chi connectivity index (χ4v) is 3.85. The first-order valence-corrected chi connectivity index (χ1v) is 8.82. The number of hydrogen-bond acceptors (Lipinski definition) is 4. The van der Waals surface area contributed by atoms with Crippen LogP contribution in [0, 0.1) is 5.92 Å². The molecule has 0 amide bonds. The summed E-state index contributed by atoms with van der Waals surface area (Å²) in [5.41, 5.74) is 1.35. The number of fused-ring (bicyclic) bond motifs is 1. The van der Waals surface area contributed by atoms with Crippen molar-refractivity contribution >= 4 is 0 Å². The first-order chi connectivity index (χ1) is 10.9. The molecule has 4 rings (SSSR count). The highest BCUT2D eigenvalue weighted by molar-refractivity contribution is 5.06. The number of nitrogens with zero attached hydrogens (tertiary/aromatic N) is 3. The SMILES string of the molecule is c1cc2n(n1)[C@@H](COCC1CCOCC1)CN(C1CCC1)C2. The molecule has 0 N–H and O–H groups in total. The summed E-state index contributed by atoms with van der Waals surface area (Å²) >= 11 is 0. The van der Waals surface area contributed by atoms with Crippen LogP contribution in [-0.4, -0.2) is 53.7 Å². The number of aromatic nitrogens is 2. The summed E-state index contributed by atoms with van der Waals surface area (Å²) in [6, 6.07) is 3.33. The van der Waals surface area contributed by atoms with Crippen molar-refractivity contribution in [3.8, 4) is 0 Å². The highest BCUT2D eigenvalue weighted by Crippen LogP contribution is 2.31. The lowest BCUT2D eigenvalue weighted by atomic mass is 9.90. The Morgan fingerprint density at radius 3 is 2.82 bits per heavy atom. The van der Waals surface area contributed by atoms with Crippen LogP contribution in [0.4, 0.5) is 0 Å². The second-order valence-corrected chi connectivity index (χ2v) is 7.03. The van der Waals surface area contributed by atoms with Crippen LogP contribution >= 0.6 is 0 Å². The maximum Gasteiger partial charge on any atom is 0.0883 e. The molecule has 1 saturated carbocycles. The topological polar surface area (TPSA) is 39.5 Å². The van der Waals surface area contributed by atoms with Gasteiger partial charge in [0, 0.05) is 45.1 Å². The minimum Gasteiger partial charge on any atom is -0.381 e. The quantitative estimate of drug-likeness (QED) is 0.836. The van der Waals surface area contributed by atoms with E-state index in [-0.39, 0.29) is 0 Å². The smallest absolute Gasteiger partial charge is 0.0883 e. The number of ether oxygens (including phenoxy) is 2. The van der Waals surface area contributed by atoms with E-state index in [2.05, 4.69) is 20.7 Å². The van der Waals surface area contributed by atoms with Crippen molar-refractivity contribution in [3.63, 3.8) is 0 Å². The normalized spacial score (nSPS) is 27.5. The Morgan fingerprint density at radius 2 is 2.05 bits per heavy atom. The molecule has 0 bridgehead atoms. The van der Waals surface area contributed by atoms with Crippen LogP contribution in [0.25, 0.3) is 0 Å². The van der Waals surface area contributed by atoms with Crippen molar-refractivity contribution in [1.29, 1.82) is 0 Å². The monoisotopic (exact) mass is 305 g/mol. The zero-order chi connectivity index (χ0) is 14.8. The fraction of sp³-hybridized carbons (Fsp3) is 0.824. The summed E-state index contributed by atoms with van der Waals surface area (Å²) in [4.78, 5) is 2.64. The molecule has 1 aromatic heterocycles. The van der Waals surface area contributed by atoms with Gasteiger partial charge in [0.15, 0.2) is 0 Å². The van der Waals surface area contributed by atoms with E-state index in [1.165, 1.54) is 25.0 Å². The van der Waals surface area contributed by atoms with Gasteiger partial charge in [0.05, 0.1) is 18.3 Å². The predicted octanol–water partition coefficient (Wildman–Crippen LogP) is 2.24. The molecule has 2 aliphatic heterocycles. The molecule has 3 aliphatic rings. The van der Waals surface area contributed by atoms with E-state index in [1.807, 2.05) is 6.20 Å². The summed E-state index contributed by atoms with van der Waals surface area (Å²) in [6.45, 7) is 5.61. The molecule has 5 nitrogen and oxygen atoms in total. The maximum absolute atomic E-state index is 6.08. The highest BCUT2D eigenvalue weighted by atomic mass is 16.5. The van der Waals surface area contributed by atoms with Gasteiger partial charge in [-0.05, 0) is 37.7 Å². The zero-order valence-electron chi connectivity index (χ0n) is 13.3. The number of rotatable bonds is 5. The van der Waals surface area contributed by atoms with Crippen LogP contribution in [-0.2, 0) is 16.0 Å². The van der Waals surface area contributed by atoms with Crippen molar-refractivity contribution in [2.75, 3.05) is 33.0 Å². The molecule has 122 valence electrons. The molecule has 5 heteroatoms. The number of hydrogen-bond donors (Lipinski definition) is 0. The first kappa shape index (κ1) is 14.7. The van der Waals surface area contributed by atoms with E-state index < -0.39 is 0 Å². The second-order valence-electron chi connectivity index (χ2n) is 7.03. The Bertz CT molecular complexity index is 480. The minimum atomic E-state index is 0.374. The van der Waals surface area contributed by atoms with Crippen molar-refractivity contribution in [2.45, 2.75) is 50.7 Å². The molecule has 1 atom stereocenters. The van der Waals surface area contributed by atoms with Crippen LogP contribution in [0.2, 0.25) is 0 Å². The Kier molecular flexibility index (Phi) is 4.46. The average Bonchev–Trinajstić information content (AvgIpc) is 2.95. The molecule has 0 radical (unpaired) electrons. The van der Waals surface area contributed by atoms with Gasteiger partial charge in [0.2, 0.25) is 0 Å². The lowest BCUT2D eigenvalue weighted by molar-refractivity contribution is -0.00428. The molecular formula is C17H27N3O2. The van der Waals surface area contributed by atoms with Crippen molar-refractivity contribution in [3.05, 3.63) is 18.0 Å². The second kappa shape index (κ2) is 6.69. The van der Waals surface area contributed by atoms with Crippen molar-refractivity contribution < 1.29 is 9.47 Å². The van der Waals surface area contributed by atoms with E-state index in [9.17, 15) is 0 Å². The molecule has 1 saturated heterocycles. The lowest BCUT2D eigenvalue weighted by Crippen LogP contribution is -2.47. The first-order valence-electron chi connectivity index (χ1n) is 8.82. The molecule has 1 aromatic rings. The third-order valence-electron chi connectivity index (χ3n) is 5.50. The van der Waals surface area contributed by atoms with Gasteiger partial charge < -0.3 is 9.47 Å². The maximum atomic E-state index is 6.08. The fourth-order valence-electron chi connectivity index (χ4n) is 3.85. The minimum absolute atomic E-state index is 0.374. The standard InChI is InChI=1S/C17H27N3O2/c1-2-15(3-1)19-10-16-4-7-18-20(16)17(11-19)13-22-12-14-5-8-21-9-6-14/h4,7,14-15,17H,1-3,5-6,8-13H2/t17-/m1/s1. The largest absolute Gasteiger partial charge is 0.381 e. The van der Waals surface area contributed by atoms with Crippen LogP contribution in [0.5, 0.6) is 0 Å². The summed E-state index contributed by atoms with van der Waals surface area (Å²) in [5, 5.41) is 4.53. The molecule has 0 aromatic carbocycles. The summed E-state index contributed by atoms with van der Waals surface area (Å²) in [5.74, 6) is 0.678. The lowest BCUT2D eigenvalue weighted by Gasteiger charge is -2.42. The third-order valence-corrected chi connectivity index (χ3v) is 5.50. The molecule has 2 fully saturated rings. The molecule has 1 aliphatic carbocycles. The average molecular weight is 305 g/mol. The molecule has 3 heterocycles. The zero-order valence-corrected chi connectivity index (χ0v) is 13.3. The van der Waals surface area contributed by atoms with E-state index in [4.69, 9.17) is 9.47 Å². The molecular weight excluding hydrogens is 278 g/mol. The van der Waals surface area contributed by atoms with Crippen LogP contribution in [0.3, 0.4) is 0 Å². The van der Waals surface area contributed by atoms with Gasteiger partial charge in [-0.15, -0.1) is 0 Å². The van der Waals surface area contributed by atoms with Gasteiger partial charge in [-0.1, -0.05) is 6.42 Å². The highest BCUT2D eigenvalue weighted by Gasteiger charge is 2.32. The molecule has 22 heavy (non-hydrogen) atoms. The Morgan fingerprint density at radius 1 is 1.18 bits per heavy atom. The summed E-state index contributed by atoms with van der Waals surface area (Å²) in [7, 11) is 0. The van der Waals surface area contributed by atoms with Crippen molar-refractivity contribution in [1.82, 2.24) is 14.7 Å². The van der Waals surface area contributed by atoms with E-state index in [1.54, 1.807) is 0 Å². The van der Waals surface area contributed by atoms with E-state index in [0.29, 0.717) is 12.0 Å². The molecule has 0 unspecified atom stereocenters. The van der Waals surface area contributed by atoms with Gasteiger partial charge in [-0.25, -0.2) is 0 Å². The van der Waals surface area contributed by atoms with Crippen molar-refractivity contribution in [2.24, 2.45) is 5.92 Å². The summed E-state index contributed by atoms with van der Waals surface area (Å²) < 4.78 is 13.7. The van der Waals surface area contributed by atoms with Crippen LogP contribution in [0.1, 0.15) is 43.8 Å². The van der Waals surface area contributed by atoms with Gasteiger partial charge in [0.25, 0.3) is 0 Å². The molecule has 0 spiro atoms. The Balaban J connectivity index is 1.33. The summed E-state index contributed by atoms with van der Waals surface area (Å²) in [6.07, 6.45) is 8.35. The Hall–Kier alpha value is -0.910. The van der Waals surface area contributed by atoms with Gasteiger partial charge in [-0.3, -0.25) is 9.58 Å². The Labute approximate surface area is 132 Å². The van der Waals surface area contributed by atoms with E-state index >= 15 is 0 Å². The van der Waals surface area contributed by atoms with Gasteiger partial charge in [0.1, 0.15) is 0 Å². The van der Waals surface area contributed by atoms with Gasteiger partial charge >= 0.3 is 0 Å². The van der Waals surface area contributed by atoms with E-state index in [0.717, 1.165) is 58.4 Å². The predicted molar refractivity (Wildman–Crippen MR) is 83.7 cm³/mol. The van der Waals surface area contributed by atoms with Gasteiger partial charge in [-0.2, -0.15) is 5.10 Å². The van der Waals surface area contributed by atoms with Crippen LogP contribution in [0.15, 0.2) is 12.3 Å². The van der Waals surface area contributed by atoms with Crippen LogP contribution < -0.4 is 0 Å². The third kappa shape index (κ3) is 3.07.